The van der Waals surface area contributed by atoms with E-state index < -0.39 is 20.7 Å². The molecule has 2 rings (SSSR count). The highest BCUT2D eigenvalue weighted by atomic mass is 35.5. The van der Waals surface area contributed by atoms with E-state index in [2.05, 4.69) is 0 Å². The molecule has 6 heteroatoms. The van der Waals surface area contributed by atoms with Crippen LogP contribution in [-0.2, 0) is 19.5 Å². The average Bonchev–Trinajstić information content (AvgIpc) is 2.46. The van der Waals surface area contributed by atoms with Crippen LogP contribution in [0.3, 0.4) is 0 Å². The molecule has 1 atom stereocenters. The fourth-order valence-corrected chi connectivity index (χ4v) is 3.38. The molecule has 0 radical (unpaired) electrons. The van der Waals surface area contributed by atoms with Crippen LogP contribution in [0.4, 0.5) is 0 Å². The van der Waals surface area contributed by atoms with Gasteiger partial charge < -0.3 is 5.11 Å². The zero-order chi connectivity index (χ0) is 16.5. The van der Waals surface area contributed by atoms with E-state index in [1.807, 2.05) is 30.3 Å². The summed E-state index contributed by atoms with van der Waals surface area (Å²) in [5.41, 5.74) is 1.58. The van der Waals surface area contributed by atoms with Crippen molar-refractivity contribution in [2.24, 2.45) is 0 Å². The number of benzene rings is 2. The van der Waals surface area contributed by atoms with E-state index >= 15 is 0 Å². The molecule has 116 valence electrons. The molecule has 1 N–H and O–H groups in total. The summed E-state index contributed by atoms with van der Waals surface area (Å²) in [5.74, 6) is -1.30. The van der Waals surface area contributed by atoms with Gasteiger partial charge in [-0.1, -0.05) is 42.5 Å². The van der Waals surface area contributed by atoms with Crippen molar-refractivity contribution < 1.29 is 18.3 Å². The molecule has 2 aromatic rings. The highest BCUT2D eigenvalue weighted by molar-refractivity contribution is 7.90. The number of rotatable bonds is 4. The molecule has 0 aliphatic carbocycles. The van der Waals surface area contributed by atoms with Crippen LogP contribution in [0.1, 0.15) is 12.5 Å². The molecule has 22 heavy (non-hydrogen) atoms. The van der Waals surface area contributed by atoms with Gasteiger partial charge in [0.15, 0.2) is 14.7 Å². The van der Waals surface area contributed by atoms with Crippen LogP contribution < -0.4 is 0 Å². The normalized spacial score (nSPS) is 14.3. The third-order valence-electron chi connectivity index (χ3n) is 3.40. The molecule has 0 aliphatic heterocycles. The predicted molar refractivity (Wildman–Crippen MR) is 85.8 cm³/mol. The van der Waals surface area contributed by atoms with Crippen LogP contribution in [0.25, 0.3) is 11.1 Å². The lowest BCUT2D eigenvalue weighted by atomic mass is 9.96. The third-order valence-corrected chi connectivity index (χ3v) is 4.90. The number of hydrogen-bond acceptors (Lipinski definition) is 3. The first-order valence-electron chi connectivity index (χ1n) is 6.46. The number of sulfone groups is 1. The van der Waals surface area contributed by atoms with Crippen molar-refractivity contribution in [1.82, 2.24) is 0 Å². The third kappa shape index (κ3) is 3.15. The van der Waals surface area contributed by atoms with Gasteiger partial charge in [0.05, 0.1) is 4.90 Å². The van der Waals surface area contributed by atoms with E-state index in [0.29, 0.717) is 5.56 Å². The number of alkyl halides is 1. The first kappa shape index (κ1) is 16.5. The summed E-state index contributed by atoms with van der Waals surface area (Å²) in [7, 11) is -3.63. The van der Waals surface area contributed by atoms with Crippen LogP contribution in [0.5, 0.6) is 0 Å². The Kier molecular flexibility index (Phi) is 4.31. The minimum atomic E-state index is -3.63. The molecule has 1 unspecified atom stereocenters. The van der Waals surface area contributed by atoms with Crippen LogP contribution in [0, 0.1) is 0 Å². The van der Waals surface area contributed by atoms with Gasteiger partial charge in [0.2, 0.25) is 0 Å². The Balaban J connectivity index is 2.72. The van der Waals surface area contributed by atoms with Gasteiger partial charge in [-0.15, -0.1) is 11.6 Å². The fraction of sp³-hybridized carbons (Fsp3) is 0.188. The van der Waals surface area contributed by atoms with E-state index in [-0.39, 0.29) is 10.5 Å². The molecule has 0 aliphatic rings. The van der Waals surface area contributed by atoms with Gasteiger partial charge in [-0.2, -0.15) is 0 Å². The van der Waals surface area contributed by atoms with E-state index in [9.17, 15) is 18.3 Å². The largest absolute Gasteiger partial charge is 0.480 e. The Bertz CT molecular complexity index is 811. The van der Waals surface area contributed by atoms with Crippen molar-refractivity contribution in [3.8, 4) is 11.1 Å². The van der Waals surface area contributed by atoms with Crippen molar-refractivity contribution in [3.05, 3.63) is 54.1 Å². The molecule has 2 aromatic carbocycles. The van der Waals surface area contributed by atoms with Crippen molar-refractivity contribution in [2.75, 3.05) is 6.26 Å². The number of carboxylic acids is 1. The van der Waals surface area contributed by atoms with Gasteiger partial charge in [-0.25, -0.2) is 13.2 Å². The number of halogens is 1. The number of hydrogen-bond donors (Lipinski definition) is 1. The van der Waals surface area contributed by atoms with Crippen LogP contribution in [-0.4, -0.2) is 25.7 Å². The van der Waals surface area contributed by atoms with Crippen LogP contribution in [0.2, 0.25) is 0 Å². The zero-order valence-electron chi connectivity index (χ0n) is 12.1. The Morgan fingerprint density at radius 1 is 1.09 bits per heavy atom. The lowest BCUT2D eigenvalue weighted by Gasteiger charge is -2.21. The smallest absolute Gasteiger partial charge is 0.329 e. The molecular weight excluding hydrogens is 324 g/mol. The molecule has 0 spiro atoms. The van der Waals surface area contributed by atoms with E-state index in [1.54, 1.807) is 6.07 Å². The van der Waals surface area contributed by atoms with Gasteiger partial charge in [0.1, 0.15) is 0 Å². The maximum absolute atomic E-state index is 12.1. The summed E-state index contributed by atoms with van der Waals surface area (Å²) in [4.78, 5) is 9.44. The zero-order valence-corrected chi connectivity index (χ0v) is 13.6. The summed E-state index contributed by atoms with van der Waals surface area (Å²) in [5, 5.41) is 9.24. The van der Waals surface area contributed by atoms with Crippen molar-refractivity contribution in [2.45, 2.75) is 16.7 Å². The maximum Gasteiger partial charge on any atom is 0.329 e. The van der Waals surface area contributed by atoms with Gasteiger partial charge in [0, 0.05) is 11.8 Å². The first-order valence-corrected chi connectivity index (χ1v) is 8.73. The van der Waals surface area contributed by atoms with E-state index in [1.165, 1.54) is 19.1 Å². The van der Waals surface area contributed by atoms with Crippen molar-refractivity contribution >= 4 is 27.4 Å². The summed E-state index contributed by atoms with van der Waals surface area (Å²) in [6.45, 7) is 1.27. The fourth-order valence-electron chi connectivity index (χ4n) is 2.14. The van der Waals surface area contributed by atoms with Gasteiger partial charge >= 0.3 is 5.97 Å². The van der Waals surface area contributed by atoms with Crippen molar-refractivity contribution in [1.29, 1.82) is 0 Å². The molecule has 0 aromatic heterocycles. The summed E-state index contributed by atoms with van der Waals surface area (Å²) < 4.78 is 24.1. The molecule has 4 nitrogen and oxygen atoms in total. The minimum absolute atomic E-state index is 0.0591. The lowest BCUT2D eigenvalue weighted by molar-refractivity contribution is -0.140. The topological polar surface area (TPSA) is 71.4 Å². The summed E-state index contributed by atoms with van der Waals surface area (Å²) in [6, 6.07) is 13.8. The molecule has 0 amide bonds. The number of carbonyl (C=O) groups is 1. The first-order chi connectivity index (χ1) is 10.1. The minimum Gasteiger partial charge on any atom is -0.480 e. The molecule has 0 bridgehead atoms. The van der Waals surface area contributed by atoms with Crippen LogP contribution >= 0.6 is 11.6 Å². The number of aliphatic carboxylic acids is 1. The standard InChI is InChI=1S/C16H15ClO4S/c1-16(17,15(18)19)13-9-8-12(10-14(13)22(2,20)21)11-6-4-3-5-7-11/h3-10H,1-2H3,(H,18,19). The SMILES string of the molecule is CC(Cl)(C(=O)O)c1ccc(-c2ccccc2)cc1S(C)(=O)=O. The lowest BCUT2D eigenvalue weighted by Crippen LogP contribution is -2.27. The molecule has 0 saturated carbocycles. The highest BCUT2D eigenvalue weighted by Gasteiger charge is 2.36. The van der Waals surface area contributed by atoms with Crippen molar-refractivity contribution in [3.63, 3.8) is 0 Å². The number of carboxylic acid groups (broad SMARTS) is 1. The average molecular weight is 339 g/mol. The molecular formula is C16H15ClO4S. The quantitative estimate of drug-likeness (QED) is 0.868. The second-order valence-electron chi connectivity index (χ2n) is 5.16. The second kappa shape index (κ2) is 5.74. The van der Waals surface area contributed by atoms with E-state index in [0.717, 1.165) is 11.8 Å². The van der Waals surface area contributed by atoms with Gasteiger partial charge in [-0.3, -0.25) is 0 Å². The Morgan fingerprint density at radius 3 is 2.18 bits per heavy atom. The molecule has 0 fully saturated rings. The van der Waals surface area contributed by atoms with Gasteiger partial charge in [-0.05, 0) is 24.1 Å². The second-order valence-corrected chi connectivity index (χ2v) is 7.90. The maximum atomic E-state index is 12.1. The highest BCUT2D eigenvalue weighted by Crippen LogP contribution is 2.36. The predicted octanol–water partition coefficient (Wildman–Crippen LogP) is 3.30. The van der Waals surface area contributed by atoms with Gasteiger partial charge in [0.25, 0.3) is 0 Å². The van der Waals surface area contributed by atoms with E-state index in [4.69, 9.17) is 11.6 Å². The Labute approximate surface area is 134 Å². The summed E-state index contributed by atoms with van der Waals surface area (Å²) >= 11 is 6.04. The summed E-state index contributed by atoms with van der Waals surface area (Å²) in [6.07, 6.45) is 1.04. The molecule has 0 heterocycles. The molecule has 0 saturated heterocycles. The Hall–Kier alpha value is -1.85. The monoisotopic (exact) mass is 338 g/mol. The Morgan fingerprint density at radius 2 is 1.68 bits per heavy atom. The van der Waals surface area contributed by atoms with Crippen LogP contribution in [0.15, 0.2) is 53.4 Å².